The monoisotopic (exact) mass is 628 g/mol. The molecule has 1 amide bonds. The number of hydrogen-bond acceptors (Lipinski definition) is 12. The van der Waals surface area contributed by atoms with Crippen molar-refractivity contribution in [2.24, 2.45) is 5.73 Å². The number of anilines is 4. The predicted molar refractivity (Wildman–Crippen MR) is 175 cm³/mol. The molecule has 2 heterocycles. The lowest BCUT2D eigenvalue weighted by Gasteiger charge is -2.12. The van der Waals surface area contributed by atoms with E-state index in [-0.39, 0.29) is 19.1 Å². The zero-order valence-electron chi connectivity index (χ0n) is 25.7. The predicted octanol–water partition coefficient (Wildman–Crippen LogP) is 3.26. The number of hydrogen-bond donors (Lipinski definition) is 5. The van der Waals surface area contributed by atoms with E-state index in [4.69, 9.17) is 24.7 Å². The van der Waals surface area contributed by atoms with Gasteiger partial charge < -0.3 is 45.9 Å². The maximum atomic E-state index is 12.4. The van der Waals surface area contributed by atoms with E-state index in [9.17, 15) is 4.79 Å². The number of rotatable bonds is 19. The average Bonchev–Trinajstić information content (AvgIpc) is 3.56. The molecular formula is C33H40N8O5. The summed E-state index contributed by atoms with van der Waals surface area (Å²) in [5, 5.41) is 12.7. The highest BCUT2D eigenvalue weighted by Gasteiger charge is 2.17. The first kappa shape index (κ1) is 32.4. The zero-order chi connectivity index (χ0) is 31.8. The fourth-order valence-corrected chi connectivity index (χ4v) is 4.61. The Labute approximate surface area is 268 Å². The summed E-state index contributed by atoms with van der Waals surface area (Å²) in [6.07, 6.45) is 1.07. The van der Waals surface area contributed by atoms with Crippen LogP contribution in [0.25, 0.3) is 0 Å². The summed E-state index contributed by atoms with van der Waals surface area (Å²) < 4.78 is 21.8. The normalized spacial score (nSPS) is 11.7. The molecule has 0 saturated carbocycles. The Morgan fingerprint density at radius 3 is 2.33 bits per heavy atom. The van der Waals surface area contributed by atoms with Gasteiger partial charge in [0.1, 0.15) is 0 Å². The molecule has 13 nitrogen and oxygen atoms in total. The third kappa shape index (κ3) is 10.3. The molecule has 0 radical (unpaired) electrons. The van der Waals surface area contributed by atoms with E-state index in [1.54, 1.807) is 0 Å². The molecule has 13 heteroatoms. The summed E-state index contributed by atoms with van der Waals surface area (Å²) in [6, 6.07) is 23.5. The molecule has 0 aliphatic carbocycles. The summed E-state index contributed by atoms with van der Waals surface area (Å²) in [5.41, 5.74) is 9.17. The minimum atomic E-state index is -0.0795. The van der Waals surface area contributed by atoms with Gasteiger partial charge in [-0.05, 0) is 35.7 Å². The molecule has 0 saturated heterocycles. The Morgan fingerprint density at radius 2 is 1.52 bits per heavy atom. The first-order chi connectivity index (χ1) is 22.7. The lowest BCUT2D eigenvalue weighted by atomic mass is 10.1. The topological polar surface area (TPSA) is 167 Å². The van der Waals surface area contributed by atoms with E-state index in [0.717, 1.165) is 34.7 Å². The van der Waals surface area contributed by atoms with Crippen molar-refractivity contribution < 1.29 is 23.7 Å². The molecule has 0 unspecified atom stereocenters. The number of fused-ring (bicyclic) bond motifs is 1. The molecule has 5 rings (SSSR count). The molecule has 1 aliphatic heterocycles. The Hall–Kier alpha value is -4.98. The lowest BCUT2D eigenvalue weighted by molar-refractivity contribution is -0.120. The Kier molecular flexibility index (Phi) is 12.3. The summed E-state index contributed by atoms with van der Waals surface area (Å²) in [6.45, 7) is 4.09. The zero-order valence-corrected chi connectivity index (χ0v) is 25.7. The molecule has 6 N–H and O–H groups in total. The molecule has 1 aromatic heterocycles. The van der Waals surface area contributed by atoms with Gasteiger partial charge in [0, 0.05) is 37.4 Å². The second-order valence-corrected chi connectivity index (χ2v) is 10.3. The van der Waals surface area contributed by atoms with Gasteiger partial charge in [-0.1, -0.05) is 54.6 Å². The molecule has 0 bridgehead atoms. The van der Waals surface area contributed by atoms with Gasteiger partial charge in [0.15, 0.2) is 11.5 Å². The van der Waals surface area contributed by atoms with Crippen molar-refractivity contribution in [2.75, 3.05) is 68.8 Å². The fraction of sp³-hybridized carbons (Fsp3) is 0.333. The third-order valence-corrected chi connectivity index (χ3v) is 6.87. The van der Waals surface area contributed by atoms with Gasteiger partial charge in [0.05, 0.1) is 32.8 Å². The lowest BCUT2D eigenvalue weighted by Crippen LogP contribution is -2.29. The van der Waals surface area contributed by atoms with Crippen LogP contribution in [-0.2, 0) is 33.7 Å². The summed E-state index contributed by atoms with van der Waals surface area (Å²) in [7, 11) is 0. The van der Waals surface area contributed by atoms with E-state index in [1.165, 1.54) is 5.56 Å². The van der Waals surface area contributed by atoms with Crippen LogP contribution in [0.5, 0.6) is 11.5 Å². The molecule has 1 aliphatic rings. The Morgan fingerprint density at radius 1 is 0.761 bits per heavy atom. The molecule has 3 aromatic carbocycles. The second-order valence-electron chi connectivity index (χ2n) is 10.3. The second kappa shape index (κ2) is 17.5. The first-order valence-electron chi connectivity index (χ1n) is 15.3. The number of aromatic nitrogens is 3. The summed E-state index contributed by atoms with van der Waals surface area (Å²) in [5.74, 6) is 2.57. The Bertz CT molecular complexity index is 1520. The van der Waals surface area contributed by atoms with Crippen molar-refractivity contribution in [2.45, 2.75) is 19.4 Å². The van der Waals surface area contributed by atoms with Gasteiger partial charge in [-0.25, -0.2) is 0 Å². The summed E-state index contributed by atoms with van der Waals surface area (Å²) >= 11 is 0. The van der Waals surface area contributed by atoms with E-state index < -0.39 is 0 Å². The van der Waals surface area contributed by atoms with Crippen LogP contribution in [0.2, 0.25) is 0 Å². The van der Waals surface area contributed by atoms with Gasteiger partial charge in [0.2, 0.25) is 30.5 Å². The standard InChI is InChI=1S/C33H40N8O5/c34-14-17-43-19-20-44-18-16-35-29(42)21-25-9-11-27(12-10-25)38-33-40-31(36-15-13-24-5-2-1-3-6-24)39-32(41-33)37-22-26-7-4-8-28-30(26)46-23-45-28/h1-12H,13-23,34H2,(H,35,42)(H3,36,37,38,39,40,41). The SMILES string of the molecule is NCCOCCOCCNC(=O)Cc1ccc(Nc2nc(NCCc3ccccc3)nc(NCc3cccc4c3OCO4)n2)cc1. The number of para-hydroxylation sites is 1. The Balaban J connectivity index is 1.16. The van der Waals surface area contributed by atoms with Crippen molar-refractivity contribution in [1.82, 2.24) is 20.3 Å². The minimum Gasteiger partial charge on any atom is -0.454 e. The minimum absolute atomic E-state index is 0.0795. The molecule has 4 aromatic rings. The van der Waals surface area contributed by atoms with Crippen LogP contribution in [-0.4, -0.2) is 73.7 Å². The van der Waals surface area contributed by atoms with E-state index in [2.05, 4.69) is 48.4 Å². The maximum absolute atomic E-state index is 12.4. The number of carbonyl (C=O) groups is 1. The van der Waals surface area contributed by atoms with E-state index in [0.29, 0.717) is 70.5 Å². The smallest absolute Gasteiger partial charge is 0.233 e. The fourth-order valence-electron chi connectivity index (χ4n) is 4.61. The average molecular weight is 629 g/mol. The van der Waals surface area contributed by atoms with Gasteiger partial charge in [-0.15, -0.1) is 0 Å². The van der Waals surface area contributed by atoms with Crippen molar-refractivity contribution in [3.63, 3.8) is 0 Å². The molecule has 0 spiro atoms. The number of carbonyl (C=O) groups excluding carboxylic acids is 1. The quantitative estimate of drug-likeness (QED) is 0.0964. The van der Waals surface area contributed by atoms with Crippen LogP contribution in [0.3, 0.4) is 0 Å². The van der Waals surface area contributed by atoms with Gasteiger partial charge in [-0.3, -0.25) is 4.79 Å². The van der Waals surface area contributed by atoms with Crippen molar-refractivity contribution in [3.05, 3.63) is 89.5 Å². The molecule has 242 valence electrons. The van der Waals surface area contributed by atoms with Crippen LogP contribution >= 0.6 is 0 Å². The molecule has 0 atom stereocenters. The number of nitrogens with one attached hydrogen (secondary N) is 4. The number of nitrogens with two attached hydrogens (primary N) is 1. The van der Waals surface area contributed by atoms with Crippen LogP contribution in [0.1, 0.15) is 16.7 Å². The van der Waals surface area contributed by atoms with Gasteiger partial charge in [-0.2, -0.15) is 15.0 Å². The first-order valence-corrected chi connectivity index (χ1v) is 15.3. The van der Waals surface area contributed by atoms with E-state index >= 15 is 0 Å². The maximum Gasteiger partial charge on any atom is 0.233 e. The highest BCUT2D eigenvalue weighted by Crippen LogP contribution is 2.35. The number of amides is 1. The van der Waals surface area contributed by atoms with Crippen LogP contribution in [0.4, 0.5) is 23.5 Å². The number of nitrogens with zero attached hydrogens (tertiary/aromatic N) is 3. The van der Waals surface area contributed by atoms with Gasteiger partial charge >= 0.3 is 0 Å². The number of benzene rings is 3. The van der Waals surface area contributed by atoms with E-state index in [1.807, 2.05) is 60.7 Å². The van der Waals surface area contributed by atoms with Crippen molar-refractivity contribution in [1.29, 1.82) is 0 Å². The molecule has 0 fully saturated rings. The highest BCUT2D eigenvalue weighted by molar-refractivity contribution is 5.78. The van der Waals surface area contributed by atoms with Crippen LogP contribution in [0.15, 0.2) is 72.8 Å². The number of ether oxygens (including phenoxy) is 4. The highest BCUT2D eigenvalue weighted by atomic mass is 16.7. The van der Waals surface area contributed by atoms with Crippen LogP contribution < -0.4 is 36.5 Å². The van der Waals surface area contributed by atoms with Crippen LogP contribution in [0, 0.1) is 0 Å². The third-order valence-electron chi connectivity index (χ3n) is 6.87. The van der Waals surface area contributed by atoms with Gasteiger partial charge in [0.25, 0.3) is 0 Å². The largest absolute Gasteiger partial charge is 0.454 e. The van der Waals surface area contributed by atoms with Crippen molar-refractivity contribution >= 4 is 29.4 Å². The molecule has 46 heavy (non-hydrogen) atoms. The molecular weight excluding hydrogens is 588 g/mol. The summed E-state index contributed by atoms with van der Waals surface area (Å²) in [4.78, 5) is 26.2. The van der Waals surface area contributed by atoms with Crippen molar-refractivity contribution in [3.8, 4) is 11.5 Å².